The molecule has 0 saturated carbocycles. The van der Waals surface area contributed by atoms with Crippen LogP contribution in [0.25, 0.3) is 0 Å². The molecule has 0 spiro atoms. The highest BCUT2D eigenvalue weighted by Gasteiger charge is 2.35. The third-order valence-corrected chi connectivity index (χ3v) is 2.07. The molecule has 2 rings (SSSR count). The normalized spacial score (nSPS) is 45.0. The van der Waals surface area contributed by atoms with Gasteiger partial charge in [0.2, 0.25) is 0 Å². The van der Waals surface area contributed by atoms with E-state index in [2.05, 4.69) is 10.6 Å². The summed E-state index contributed by atoms with van der Waals surface area (Å²) in [6.07, 6.45) is 2.68. The van der Waals surface area contributed by atoms with Crippen LogP contribution >= 0.6 is 0 Å². The van der Waals surface area contributed by atoms with E-state index >= 15 is 0 Å². The van der Waals surface area contributed by atoms with Crippen LogP contribution in [0.5, 0.6) is 0 Å². The summed E-state index contributed by atoms with van der Waals surface area (Å²) in [6.45, 7) is 2.43. The summed E-state index contributed by atoms with van der Waals surface area (Å²) in [5.41, 5.74) is 0. The maximum Gasteiger partial charge on any atom is 0.0237 e. The van der Waals surface area contributed by atoms with Crippen LogP contribution in [0.1, 0.15) is 12.8 Å². The smallest absolute Gasteiger partial charge is 0.0237 e. The fourth-order valence-corrected chi connectivity index (χ4v) is 1.43. The molecule has 2 heteroatoms. The Morgan fingerprint density at radius 3 is 2.25 bits per heavy atom. The monoisotopic (exact) mass is 112 g/mol. The predicted octanol–water partition coefficient (Wildman–Crippen LogP) is -0.290. The Hall–Kier alpha value is -0.0800. The second kappa shape index (κ2) is 1.71. The molecule has 0 radical (unpaired) electrons. The Balaban J connectivity index is 1.89. The van der Waals surface area contributed by atoms with Crippen molar-refractivity contribution in [3.05, 3.63) is 0 Å². The number of fused-ring (bicyclic) bond motifs is 1. The highest BCUT2D eigenvalue weighted by Crippen LogP contribution is 2.18. The average molecular weight is 112 g/mol. The predicted molar refractivity (Wildman–Crippen MR) is 32.8 cm³/mol. The Kier molecular flexibility index (Phi) is 1.02. The van der Waals surface area contributed by atoms with Crippen molar-refractivity contribution in [1.82, 2.24) is 10.6 Å². The molecule has 8 heavy (non-hydrogen) atoms. The molecular formula is C6H12N2. The fraction of sp³-hybridized carbons (Fsp3) is 1.00. The molecule has 2 saturated heterocycles. The van der Waals surface area contributed by atoms with Crippen molar-refractivity contribution in [3.8, 4) is 0 Å². The van der Waals surface area contributed by atoms with E-state index in [4.69, 9.17) is 0 Å². The first-order valence-corrected chi connectivity index (χ1v) is 3.43. The summed E-state index contributed by atoms with van der Waals surface area (Å²) in [5, 5.41) is 6.80. The number of hydrogen-bond donors (Lipinski definition) is 2. The summed E-state index contributed by atoms with van der Waals surface area (Å²) in [6, 6.07) is 1.76. The lowest BCUT2D eigenvalue weighted by molar-refractivity contribution is 0.655. The zero-order valence-electron chi connectivity index (χ0n) is 4.98. The van der Waals surface area contributed by atoms with Crippen molar-refractivity contribution in [3.63, 3.8) is 0 Å². The van der Waals surface area contributed by atoms with E-state index < -0.39 is 0 Å². The maximum absolute atomic E-state index is 3.43. The molecule has 0 amide bonds. The van der Waals surface area contributed by atoms with Gasteiger partial charge < -0.3 is 10.6 Å². The molecule has 0 aromatic heterocycles. The van der Waals surface area contributed by atoms with E-state index in [9.17, 15) is 0 Å². The van der Waals surface area contributed by atoms with Gasteiger partial charge in [0.15, 0.2) is 0 Å². The molecule has 2 atom stereocenters. The van der Waals surface area contributed by atoms with Crippen LogP contribution in [0.4, 0.5) is 0 Å². The number of rotatable bonds is 0. The third-order valence-electron chi connectivity index (χ3n) is 2.07. The third kappa shape index (κ3) is 0.740. The van der Waals surface area contributed by atoms with Gasteiger partial charge in [-0.25, -0.2) is 0 Å². The van der Waals surface area contributed by atoms with Crippen LogP contribution in [0, 0.1) is 0 Å². The summed E-state index contributed by atoms with van der Waals surface area (Å²) >= 11 is 0. The molecule has 2 unspecified atom stereocenters. The van der Waals surface area contributed by atoms with Crippen LogP contribution in [-0.2, 0) is 0 Å². The molecule has 0 bridgehead atoms. The van der Waals surface area contributed by atoms with Gasteiger partial charge in [0, 0.05) is 12.1 Å². The zero-order valence-corrected chi connectivity index (χ0v) is 4.98. The van der Waals surface area contributed by atoms with Crippen molar-refractivity contribution < 1.29 is 0 Å². The maximum atomic E-state index is 3.43. The Bertz CT molecular complexity index is 82.5. The first kappa shape index (κ1) is 4.77. The molecular weight excluding hydrogens is 100 g/mol. The van der Waals surface area contributed by atoms with E-state index in [1.54, 1.807) is 0 Å². The van der Waals surface area contributed by atoms with E-state index in [-0.39, 0.29) is 0 Å². The molecule has 2 aliphatic heterocycles. The van der Waals surface area contributed by atoms with Crippen LogP contribution in [-0.4, -0.2) is 25.2 Å². The Labute approximate surface area is 49.7 Å². The molecule has 0 aromatic rings. The van der Waals surface area contributed by atoms with Crippen LogP contribution in [0.15, 0.2) is 0 Å². The van der Waals surface area contributed by atoms with Crippen LogP contribution < -0.4 is 10.6 Å². The number of hydrogen-bond acceptors (Lipinski definition) is 2. The zero-order chi connectivity index (χ0) is 5.40. The lowest BCUT2D eigenvalue weighted by Gasteiger charge is -1.95. The van der Waals surface area contributed by atoms with Crippen LogP contribution in [0.3, 0.4) is 0 Å². The van der Waals surface area contributed by atoms with Gasteiger partial charge in [-0.15, -0.1) is 0 Å². The molecule has 2 nitrogen and oxygen atoms in total. The first-order valence-electron chi connectivity index (χ1n) is 3.43. The highest BCUT2D eigenvalue weighted by molar-refractivity contribution is 4.99. The van der Waals surface area contributed by atoms with Crippen LogP contribution in [0.2, 0.25) is 0 Å². The summed E-state index contributed by atoms with van der Waals surface area (Å²) in [5.74, 6) is 0. The fourth-order valence-electron chi connectivity index (χ4n) is 1.43. The van der Waals surface area contributed by atoms with E-state index in [0.717, 1.165) is 12.1 Å². The quantitative estimate of drug-likeness (QED) is 0.422. The topological polar surface area (TPSA) is 34.0 Å². The summed E-state index contributed by atoms with van der Waals surface area (Å²) in [4.78, 5) is 0. The number of nitrogens with one attached hydrogen (secondary N) is 2. The largest absolute Gasteiger partial charge is 0.317 e. The van der Waals surface area contributed by atoms with E-state index in [0.29, 0.717) is 0 Å². The highest BCUT2D eigenvalue weighted by atomic mass is 15.2. The van der Waals surface area contributed by atoms with Gasteiger partial charge in [0.25, 0.3) is 0 Å². The SMILES string of the molecule is C1CC2NC2CCN1. The minimum Gasteiger partial charge on any atom is -0.317 e. The van der Waals surface area contributed by atoms with Gasteiger partial charge in [-0.1, -0.05) is 0 Å². The average Bonchev–Trinajstić information content (AvgIpc) is 2.36. The van der Waals surface area contributed by atoms with Crippen molar-refractivity contribution in [2.75, 3.05) is 13.1 Å². The molecule has 2 aliphatic rings. The Morgan fingerprint density at radius 1 is 1.00 bits per heavy atom. The van der Waals surface area contributed by atoms with Crippen molar-refractivity contribution in [2.24, 2.45) is 0 Å². The van der Waals surface area contributed by atoms with Gasteiger partial charge in [0.05, 0.1) is 0 Å². The second-order valence-electron chi connectivity index (χ2n) is 2.71. The minimum absolute atomic E-state index is 0.880. The van der Waals surface area contributed by atoms with Crippen molar-refractivity contribution in [1.29, 1.82) is 0 Å². The molecule has 2 N–H and O–H groups in total. The minimum atomic E-state index is 0.880. The Morgan fingerprint density at radius 2 is 1.62 bits per heavy atom. The molecule has 0 aliphatic carbocycles. The van der Waals surface area contributed by atoms with Gasteiger partial charge in [-0.2, -0.15) is 0 Å². The van der Waals surface area contributed by atoms with Crippen molar-refractivity contribution >= 4 is 0 Å². The lowest BCUT2D eigenvalue weighted by Crippen LogP contribution is -2.17. The lowest BCUT2D eigenvalue weighted by atomic mass is 10.2. The molecule has 46 valence electrons. The molecule has 2 fully saturated rings. The van der Waals surface area contributed by atoms with Gasteiger partial charge in [-0.05, 0) is 25.9 Å². The second-order valence-corrected chi connectivity index (χ2v) is 2.71. The van der Waals surface area contributed by atoms with Gasteiger partial charge >= 0.3 is 0 Å². The summed E-state index contributed by atoms with van der Waals surface area (Å²) in [7, 11) is 0. The van der Waals surface area contributed by atoms with E-state index in [1.165, 1.54) is 25.9 Å². The first-order chi connectivity index (χ1) is 3.97. The van der Waals surface area contributed by atoms with E-state index in [1.807, 2.05) is 0 Å². The van der Waals surface area contributed by atoms with Gasteiger partial charge in [-0.3, -0.25) is 0 Å². The standard InChI is InChI=1S/C6H12N2/c1-3-7-4-2-6-5(1)8-6/h5-8H,1-4H2. The summed E-state index contributed by atoms with van der Waals surface area (Å²) < 4.78 is 0. The van der Waals surface area contributed by atoms with Gasteiger partial charge in [0.1, 0.15) is 0 Å². The molecule has 2 heterocycles. The van der Waals surface area contributed by atoms with Crippen molar-refractivity contribution in [2.45, 2.75) is 24.9 Å². The molecule has 0 aromatic carbocycles.